The van der Waals surface area contributed by atoms with Gasteiger partial charge in [0.1, 0.15) is 0 Å². The summed E-state index contributed by atoms with van der Waals surface area (Å²) in [6, 6.07) is 9.86. The van der Waals surface area contributed by atoms with Gasteiger partial charge in [-0.1, -0.05) is 30.3 Å². The molecular formula is C15H18N4O2. The van der Waals surface area contributed by atoms with E-state index in [9.17, 15) is 4.79 Å². The third-order valence-electron chi connectivity index (χ3n) is 3.64. The molecule has 1 aromatic carbocycles. The molecule has 2 aromatic rings. The molecule has 1 aliphatic rings. The van der Waals surface area contributed by atoms with Crippen LogP contribution in [0.25, 0.3) is 0 Å². The highest BCUT2D eigenvalue weighted by molar-refractivity contribution is 5.89. The van der Waals surface area contributed by atoms with Crippen LogP contribution in [-0.2, 0) is 6.42 Å². The first-order valence-electron chi connectivity index (χ1n) is 7.06. The zero-order valence-electron chi connectivity index (χ0n) is 12.0. The van der Waals surface area contributed by atoms with Crippen LogP contribution in [0.4, 0.5) is 0 Å². The Morgan fingerprint density at radius 1 is 1.14 bits per heavy atom. The fourth-order valence-corrected chi connectivity index (χ4v) is 2.33. The summed E-state index contributed by atoms with van der Waals surface area (Å²) in [5, 5.41) is 7.85. The van der Waals surface area contributed by atoms with E-state index in [1.54, 1.807) is 4.90 Å². The van der Waals surface area contributed by atoms with Gasteiger partial charge < -0.3 is 14.2 Å². The number of piperazine rings is 1. The first-order chi connectivity index (χ1) is 10.2. The molecule has 2 heterocycles. The van der Waals surface area contributed by atoms with Crippen molar-refractivity contribution in [2.75, 3.05) is 33.2 Å². The lowest BCUT2D eigenvalue weighted by Crippen LogP contribution is -2.47. The van der Waals surface area contributed by atoms with Crippen LogP contribution in [0.2, 0.25) is 0 Å². The number of benzene rings is 1. The Kier molecular flexibility index (Phi) is 3.96. The number of likely N-dealkylation sites (N-methyl/N-ethyl adjacent to an activating group) is 1. The lowest BCUT2D eigenvalue weighted by Gasteiger charge is -2.31. The number of carbonyl (C=O) groups excluding carboxylic acids is 1. The van der Waals surface area contributed by atoms with Gasteiger partial charge in [-0.3, -0.25) is 4.79 Å². The lowest BCUT2D eigenvalue weighted by molar-refractivity contribution is 0.0623. The van der Waals surface area contributed by atoms with E-state index in [1.807, 2.05) is 37.4 Å². The van der Waals surface area contributed by atoms with Crippen LogP contribution in [0.15, 0.2) is 34.7 Å². The predicted octanol–water partition coefficient (Wildman–Crippen LogP) is 1.05. The molecule has 110 valence electrons. The van der Waals surface area contributed by atoms with Gasteiger partial charge in [0.25, 0.3) is 0 Å². The first kappa shape index (κ1) is 13.8. The van der Waals surface area contributed by atoms with Crippen molar-refractivity contribution < 1.29 is 9.21 Å². The summed E-state index contributed by atoms with van der Waals surface area (Å²) in [5.74, 6) is 0.388. The smallest absolute Gasteiger partial charge is 0.311 e. The summed E-state index contributed by atoms with van der Waals surface area (Å²) < 4.78 is 5.50. The van der Waals surface area contributed by atoms with Gasteiger partial charge in [-0.15, -0.1) is 10.2 Å². The molecule has 6 heteroatoms. The van der Waals surface area contributed by atoms with Gasteiger partial charge in [0.2, 0.25) is 5.89 Å². The van der Waals surface area contributed by atoms with E-state index >= 15 is 0 Å². The van der Waals surface area contributed by atoms with Crippen molar-refractivity contribution in [2.45, 2.75) is 6.42 Å². The molecule has 0 bridgehead atoms. The van der Waals surface area contributed by atoms with Crippen LogP contribution in [0, 0.1) is 0 Å². The standard InChI is InChI=1S/C15H18N4O2/c1-18-7-9-19(10-8-18)15(20)14-17-16-13(21-14)11-12-5-3-2-4-6-12/h2-6H,7-11H2,1H3. The third kappa shape index (κ3) is 3.28. The van der Waals surface area contributed by atoms with E-state index in [0.29, 0.717) is 25.4 Å². The summed E-state index contributed by atoms with van der Waals surface area (Å²) in [7, 11) is 2.05. The number of aromatic nitrogens is 2. The Bertz CT molecular complexity index is 603. The van der Waals surface area contributed by atoms with Gasteiger partial charge in [-0.05, 0) is 12.6 Å². The molecule has 0 unspecified atom stereocenters. The molecular weight excluding hydrogens is 268 g/mol. The maximum absolute atomic E-state index is 12.3. The van der Waals surface area contributed by atoms with Crippen molar-refractivity contribution in [3.63, 3.8) is 0 Å². The average molecular weight is 286 g/mol. The minimum absolute atomic E-state index is 0.0884. The largest absolute Gasteiger partial charge is 0.417 e. The molecule has 0 radical (unpaired) electrons. The van der Waals surface area contributed by atoms with Gasteiger partial charge in [-0.2, -0.15) is 0 Å². The van der Waals surface area contributed by atoms with E-state index in [1.165, 1.54) is 0 Å². The molecule has 6 nitrogen and oxygen atoms in total. The number of rotatable bonds is 3. The topological polar surface area (TPSA) is 62.5 Å². The minimum Gasteiger partial charge on any atom is -0.417 e. The Hall–Kier alpha value is -2.21. The van der Waals surface area contributed by atoms with Crippen LogP contribution in [0.5, 0.6) is 0 Å². The number of nitrogens with zero attached hydrogens (tertiary/aromatic N) is 4. The van der Waals surface area contributed by atoms with Gasteiger partial charge >= 0.3 is 11.8 Å². The molecule has 0 N–H and O–H groups in total. The number of amides is 1. The Morgan fingerprint density at radius 3 is 2.57 bits per heavy atom. The molecule has 0 atom stereocenters. The van der Waals surface area contributed by atoms with Crippen molar-refractivity contribution in [2.24, 2.45) is 0 Å². The monoisotopic (exact) mass is 286 g/mol. The van der Waals surface area contributed by atoms with E-state index in [0.717, 1.165) is 18.7 Å². The Labute approximate surface area is 123 Å². The molecule has 0 saturated carbocycles. The van der Waals surface area contributed by atoms with Crippen molar-refractivity contribution in [3.05, 3.63) is 47.7 Å². The lowest BCUT2D eigenvalue weighted by atomic mass is 10.2. The second kappa shape index (κ2) is 6.05. The number of hydrogen-bond acceptors (Lipinski definition) is 5. The van der Waals surface area contributed by atoms with E-state index < -0.39 is 0 Å². The summed E-state index contributed by atoms with van der Waals surface area (Å²) >= 11 is 0. The minimum atomic E-state index is -0.171. The highest BCUT2D eigenvalue weighted by atomic mass is 16.4. The number of carbonyl (C=O) groups is 1. The zero-order chi connectivity index (χ0) is 14.7. The Morgan fingerprint density at radius 2 is 1.86 bits per heavy atom. The molecule has 1 aliphatic heterocycles. The van der Waals surface area contributed by atoms with E-state index in [4.69, 9.17) is 4.42 Å². The molecule has 1 amide bonds. The molecule has 0 spiro atoms. The molecule has 1 aromatic heterocycles. The zero-order valence-corrected chi connectivity index (χ0v) is 12.0. The first-order valence-corrected chi connectivity index (χ1v) is 7.06. The quantitative estimate of drug-likeness (QED) is 0.844. The Balaban J connectivity index is 1.66. The highest BCUT2D eigenvalue weighted by Crippen LogP contribution is 2.11. The van der Waals surface area contributed by atoms with Gasteiger partial charge in [0.05, 0.1) is 6.42 Å². The van der Waals surface area contributed by atoms with Crippen molar-refractivity contribution in [1.29, 1.82) is 0 Å². The predicted molar refractivity (Wildman–Crippen MR) is 76.9 cm³/mol. The normalized spacial score (nSPS) is 16.1. The van der Waals surface area contributed by atoms with Crippen LogP contribution < -0.4 is 0 Å². The number of hydrogen-bond donors (Lipinski definition) is 0. The van der Waals surface area contributed by atoms with Gasteiger partial charge in [-0.25, -0.2) is 0 Å². The second-order valence-electron chi connectivity index (χ2n) is 5.26. The van der Waals surface area contributed by atoms with Crippen molar-refractivity contribution in [3.8, 4) is 0 Å². The molecule has 1 fully saturated rings. The van der Waals surface area contributed by atoms with E-state index in [2.05, 4.69) is 15.1 Å². The van der Waals surface area contributed by atoms with Crippen LogP contribution in [0.1, 0.15) is 22.1 Å². The molecule has 0 aliphatic carbocycles. The summed E-state index contributed by atoms with van der Waals surface area (Å²) in [6.45, 7) is 3.14. The SMILES string of the molecule is CN1CCN(C(=O)c2nnc(Cc3ccccc3)o2)CC1. The van der Waals surface area contributed by atoms with Crippen LogP contribution in [-0.4, -0.2) is 59.1 Å². The third-order valence-corrected chi connectivity index (χ3v) is 3.64. The second-order valence-corrected chi connectivity index (χ2v) is 5.26. The van der Waals surface area contributed by atoms with Crippen LogP contribution >= 0.6 is 0 Å². The summed E-state index contributed by atoms with van der Waals surface area (Å²) in [6.07, 6.45) is 0.545. The van der Waals surface area contributed by atoms with Crippen molar-refractivity contribution >= 4 is 5.91 Å². The molecule has 21 heavy (non-hydrogen) atoms. The van der Waals surface area contributed by atoms with Gasteiger partial charge in [0, 0.05) is 26.2 Å². The summed E-state index contributed by atoms with van der Waals surface area (Å²) in [5.41, 5.74) is 1.08. The fourth-order valence-electron chi connectivity index (χ4n) is 2.33. The van der Waals surface area contributed by atoms with Crippen LogP contribution in [0.3, 0.4) is 0 Å². The highest BCUT2D eigenvalue weighted by Gasteiger charge is 2.24. The maximum atomic E-state index is 12.3. The molecule has 3 rings (SSSR count). The maximum Gasteiger partial charge on any atom is 0.311 e. The summed E-state index contributed by atoms with van der Waals surface area (Å²) in [4.78, 5) is 16.2. The fraction of sp³-hybridized carbons (Fsp3) is 0.400. The average Bonchev–Trinajstić information content (AvgIpc) is 2.97. The van der Waals surface area contributed by atoms with Crippen molar-refractivity contribution in [1.82, 2.24) is 20.0 Å². The van der Waals surface area contributed by atoms with Gasteiger partial charge in [0.15, 0.2) is 0 Å². The molecule has 1 saturated heterocycles. The van der Waals surface area contributed by atoms with E-state index in [-0.39, 0.29) is 11.8 Å².